The lowest BCUT2D eigenvalue weighted by Gasteiger charge is -2.32. The van der Waals surface area contributed by atoms with Gasteiger partial charge in [0.1, 0.15) is 0 Å². The predicted molar refractivity (Wildman–Crippen MR) is 99.7 cm³/mol. The molecule has 0 bridgehead atoms. The van der Waals surface area contributed by atoms with Gasteiger partial charge in [-0.15, -0.1) is 0 Å². The van der Waals surface area contributed by atoms with Gasteiger partial charge in [-0.2, -0.15) is 0 Å². The zero-order valence-corrected chi connectivity index (χ0v) is 15.7. The topological polar surface area (TPSA) is 70.2 Å². The summed E-state index contributed by atoms with van der Waals surface area (Å²) in [5.41, 5.74) is 5.56. The molecule has 0 saturated heterocycles. The molecule has 2 aliphatic rings. The zero-order valence-electron chi connectivity index (χ0n) is 15.7. The third-order valence-corrected chi connectivity index (χ3v) is 6.35. The first kappa shape index (κ1) is 19.3. The Morgan fingerprint density at radius 3 is 2.42 bits per heavy atom. The van der Waals surface area contributed by atoms with Gasteiger partial charge in [-0.3, -0.25) is 15.1 Å². The minimum absolute atomic E-state index is 0.0520. The molecule has 0 aromatic carbocycles. The second-order valence-corrected chi connectivity index (χ2v) is 8.43. The number of nitrogens with one attached hydrogen (secondary N) is 1. The fourth-order valence-electron chi connectivity index (χ4n) is 4.82. The average Bonchev–Trinajstić information content (AvgIpc) is 2.58. The molecular weight excluding hydrogens is 298 g/mol. The molecule has 24 heavy (non-hydrogen) atoms. The molecule has 0 aromatic heterocycles. The average molecular weight is 336 g/mol. The van der Waals surface area contributed by atoms with Crippen LogP contribution in [0.4, 0.5) is 0 Å². The van der Waals surface area contributed by atoms with E-state index in [1.165, 1.54) is 69.1 Å². The fourth-order valence-corrected chi connectivity index (χ4v) is 4.82. The molecule has 2 saturated carbocycles. The van der Waals surface area contributed by atoms with E-state index in [0.29, 0.717) is 5.92 Å². The van der Waals surface area contributed by atoms with E-state index < -0.39 is 0 Å². The van der Waals surface area contributed by atoms with E-state index >= 15 is 0 Å². The number of nitrogens with two attached hydrogens (primary N) is 1. The molecular formula is C20H37N3O. The van der Waals surface area contributed by atoms with Crippen LogP contribution < -0.4 is 5.73 Å². The molecule has 4 nitrogen and oxygen atoms in total. The van der Waals surface area contributed by atoms with Crippen LogP contribution in [0.25, 0.3) is 0 Å². The highest BCUT2D eigenvalue weighted by Gasteiger charge is 2.29. The van der Waals surface area contributed by atoms with E-state index in [-0.39, 0.29) is 17.8 Å². The van der Waals surface area contributed by atoms with Gasteiger partial charge in [0.25, 0.3) is 0 Å². The van der Waals surface area contributed by atoms with E-state index in [9.17, 15) is 4.79 Å². The molecule has 0 spiro atoms. The highest BCUT2D eigenvalue weighted by molar-refractivity contribution is 5.95. The molecule has 2 aliphatic carbocycles. The predicted octanol–water partition coefficient (Wildman–Crippen LogP) is 4.53. The monoisotopic (exact) mass is 335 g/mol. The first-order valence-corrected chi connectivity index (χ1v) is 10.1. The molecule has 0 aliphatic heterocycles. The molecule has 2 rings (SSSR count). The molecule has 0 heterocycles. The van der Waals surface area contributed by atoms with Crippen molar-refractivity contribution in [3.05, 3.63) is 0 Å². The lowest BCUT2D eigenvalue weighted by Crippen LogP contribution is -2.42. The minimum atomic E-state index is -0.125. The van der Waals surface area contributed by atoms with Gasteiger partial charge in [0.2, 0.25) is 5.91 Å². The molecule has 4 heteroatoms. The maximum atomic E-state index is 12.8. The minimum Gasteiger partial charge on any atom is -0.370 e. The van der Waals surface area contributed by atoms with Crippen LogP contribution in [0.15, 0.2) is 0 Å². The van der Waals surface area contributed by atoms with Crippen LogP contribution in [0.3, 0.4) is 0 Å². The maximum absolute atomic E-state index is 12.8. The Hall–Kier alpha value is -1.06. The van der Waals surface area contributed by atoms with Gasteiger partial charge in [-0.05, 0) is 43.4 Å². The van der Waals surface area contributed by atoms with E-state index in [1.807, 2.05) is 0 Å². The summed E-state index contributed by atoms with van der Waals surface area (Å²) >= 11 is 0. The van der Waals surface area contributed by atoms with Crippen LogP contribution in [0.1, 0.15) is 84.0 Å². The number of hydrogen-bond donors (Lipinski definition) is 2. The molecule has 1 amide bonds. The summed E-state index contributed by atoms with van der Waals surface area (Å²) in [5, 5.41) is 7.59. The SMILES string of the molecule is CC1CCC[C@H](CC(CCC2CCCCC2)C(=O)N(C)C(=N)N)C1. The molecule has 138 valence electrons. The van der Waals surface area contributed by atoms with Crippen molar-refractivity contribution >= 4 is 11.9 Å². The van der Waals surface area contributed by atoms with Gasteiger partial charge in [-0.25, -0.2) is 0 Å². The van der Waals surface area contributed by atoms with Crippen molar-refractivity contribution in [1.82, 2.24) is 4.90 Å². The second kappa shape index (κ2) is 9.43. The number of nitrogens with zero attached hydrogens (tertiary/aromatic N) is 1. The molecule has 2 unspecified atom stereocenters. The van der Waals surface area contributed by atoms with Crippen molar-refractivity contribution in [2.75, 3.05) is 7.05 Å². The number of carbonyl (C=O) groups is 1. The highest BCUT2D eigenvalue weighted by atomic mass is 16.2. The Labute approximate surface area is 148 Å². The number of amides is 1. The summed E-state index contributed by atoms with van der Waals surface area (Å²) in [6.45, 7) is 2.34. The summed E-state index contributed by atoms with van der Waals surface area (Å²) in [6, 6.07) is 0. The zero-order chi connectivity index (χ0) is 17.5. The highest BCUT2D eigenvalue weighted by Crippen LogP contribution is 2.36. The third-order valence-electron chi connectivity index (χ3n) is 6.35. The molecule has 0 radical (unpaired) electrons. The van der Waals surface area contributed by atoms with Crippen molar-refractivity contribution in [3.8, 4) is 0 Å². The molecule has 3 N–H and O–H groups in total. The van der Waals surface area contributed by atoms with E-state index in [0.717, 1.165) is 24.7 Å². The molecule has 2 fully saturated rings. The smallest absolute Gasteiger partial charge is 0.232 e. The van der Waals surface area contributed by atoms with E-state index in [4.69, 9.17) is 11.1 Å². The summed E-state index contributed by atoms with van der Waals surface area (Å²) in [4.78, 5) is 14.2. The fraction of sp³-hybridized carbons (Fsp3) is 0.900. The van der Waals surface area contributed by atoms with E-state index in [1.54, 1.807) is 7.05 Å². The van der Waals surface area contributed by atoms with E-state index in [2.05, 4.69) is 6.92 Å². The summed E-state index contributed by atoms with van der Waals surface area (Å²) in [7, 11) is 1.65. The van der Waals surface area contributed by atoms with Crippen molar-refractivity contribution in [1.29, 1.82) is 5.41 Å². The Kier molecular flexibility index (Phi) is 7.57. The number of hydrogen-bond acceptors (Lipinski definition) is 2. The summed E-state index contributed by atoms with van der Waals surface area (Å²) < 4.78 is 0. The largest absolute Gasteiger partial charge is 0.370 e. The van der Waals surface area contributed by atoms with Gasteiger partial charge in [0.05, 0.1) is 0 Å². The standard InChI is InChI=1S/C20H37N3O/c1-15-7-6-10-17(13-15)14-18(19(24)23(2)20(21)22)12-11-16-8-4-3-5-9-16/h15-18H,3-14H2,1-2H3,(H3,21,22)/t15?,17-,18?/m0/s1. The van der Waals surface area contributed by atoms with Gasteiger partial charge in [0.15, 0.2) is 5.96 Å². The van der Waals surface area contributed by atoms with Crippen molar-refractivity contribution in [2.45, 2.75) is 84.0 Å². The third kappa shape index (κ3) is 5.78. The quantitative estimate of drug-likeness (QED) is 0.553. The molecule has 0 aromatic rings. The molecule has 3 atom stereocenters. The lowest BCUT2D eigenvalue weighted by molar-refractivity contribution is -0.131. The Morgan fingerprint density at radius 2 is 1.79 bits per heavy atom. The van der Waals surface area contributed by atoms with Crippen molar-refractivity contribution < 1.29 is 4.79 Å². The summed E-state index contributed by atoms with van der Waals surface area (Å²) in [5.74, 6) is 2.27. The van der Waals surface area contributed by atoms with Crippen LogP contribution in [0.5, 0.6) is 0 Å². The second-order valence-electron chi connectivity index (χ2n) is 8.43. The van der Waals surface area contributed by atoms with Crippen LogP contribution in [-0.2, 0) is 4.79 Å². The van der Waals surface area contributed by atoms with Crippen LogP contribution >= 0.6 is 0 Å². The number of carbonyl (C=O) groups excluding carboxylic acids is 1. The van der Waals surface area contributed by atoms with Crippen LogP contribution in [0.2, 0.25) is 0 Å². The lowest BCUT2D eigenvalue weighted by atomic mass is 9.76. The first-order chi connectivity index (χ1) is 11.5. The van der Waals surface area contributed by atoms with Gasteiger partial charge in [0, 0.05) is 13.0 Å². The Bertz CT molecular complexity index is 417. The van der Waals surface area contributed by atoms with Gasteiger partial charge < -0.3 is 5.73 Å². The summed E-state index contributed by atoms with van der Waals surface area (Å²) in [6.07, 6.45) is 15.1. The van der Waals surface area contributed by atoms with Gasteiger partial charge in [-0.1, -0.05) is 58.3 Å². The van der Waals surface area contributed by atoms with Crippen molar-refractivity contribution in [2.24, 2.45) is 29.4 Å². The number of guanidine groups is 1. The first-order valence-electron chi connectivity index (χ1n) is 10.1. The number of rotatable bonds is 6. The van der Waals surface area contributed by atoms with Crippen molar-refractivity contribution in [3.63, 3.8) is 0 Å². The van der Waals surface area contributed by atoms with Crippen LogP contribution in [-0.4, -0.2) is 23.8 Å². The Balaban J connectivity index is 1.94. The maximum Gasteiger partial charge on any atom is 0.232 e. The normalized spacial score (nSPS) is 26.8. The van der Waals surface area contributed by atoms with Crippen LogP contribution in [0, 0.1) is 29.1 Å². The van der Waals surface area contributed by atoms with Gasteiger partial charge >= 0.3 is 0 Å². The Morgan fingerprint density at radius 1 is 1.12 bits per heavy atom.